The maximum absolute atomic E-state index is 13.5. The van der Waals surface area contributed by atoms with E-state index in [0.717, 1.165) is 31.6 Å². The van der Waals surface area contributed by atoms with Gasteiger partial charge < -0.3 is 4.74 Å². The zero-order valence-corrected chi connectivity index (χ0v) is 17.7. The molecule has 2 saturated carbocycles. The minimum Gasteiger partial charge on any atom is -0.459 e. The van der Waals surface area contributed by atoms with Gasteiger partial charge >= 0.3 is 5.97 Å². The Hall–Kier alpha value is -0.790. The summed E-state index contributed by atoms with van der Waals surface area (Å²) in [6.07, 6.45) is 7.71. The van der Waals surface area contributed by atoms with Crippen LogP contribution in [0.3, 0.4) is 0 Å². The lowest BCUT2D eigenvalue weighted by Gasteiger charge is -2.45. The first-order valence-corrected chi connectivity index (χ1v) is 10.2. The fourth-order valence-corrected chi connectivity index (χ4v) is 5.72. The van der Waals surface area contributed by atoms with Crippen molar-refractivity contribution >= 4 is 5.97 Å². The molecule has 142 valence electrons. The summed E-state index contributed by atoms with van der Waals surface area (Å²) in [5.41, 5.74) is 0.934. The summed E-state index contributed by atoms with van der Waals surface area (Å²) in [6.45, 7) is 17.6. The Morgan fingerprint density at radius 3 is 2.32 bits per heavy atom. The number of esters is 1. The van der Waals surface area contributed by atoms with Gasteiger partial charge in [0.1, 0.15) is 5.60 Å². The first kappa shape index (κ1) is 19.0. The number of ether oxygens (including phenoxy) is 1. The molecule has 0 aromatic carbocycles. The van der Waals surface area contributed by atoms with Crippen molar-refractivity contribution in [1.29, 1.82) is 0 Å². The molecule has 0 saturated heterocycles. The summed E-state index contributed by atoms with van der Waals surface area (Å²) in [5, 5.41) is 0. The molecule has 3 rings (SSSR count). The maximum atomic E-state index is 13.5. The van der Waals surface area contributed by atoms with Crippen LogP contribution in [0.15, 0.2) is 11.6 Å². The van der Waals surface area contributed by atoms with E-state index >= 15 is 0 Å². The standard InChI is InChI=1S/C23H38O2/c1-15-9-16-10-17-12-23(11-15,13-18(16)17)25-19(24)22(8,21(5,6)7)14-20(2,3)4/h9,15,17-18H,10-14H2,1-8H3. The molecule has 2 nitrogen and oxygen atoms in total. The summed E-state index contributed by atoms with van der Waals surface area (Å²) < 4.78 is 6.48. The van der Waals surface area contributed by atoms with E-state index < -0.39 is 5.41 Å². The van der Waals surface area contributed by atoms with E-state index in [2.05, 4.69) is 61.5 Å². The van der Waals surface area contributed by atoms with E-state index in [1.807, 2.05) is 0 Å². The SMILES string of the molecule is CC1C=C2CC3CC(OC(=O)C(C)(CC(C)(C)C)C(C)(C)C)(C1)CC23. The van der Waals surface area contributed by atoms with Crippen molar-refractivity contribution in [3.05, 3.63) is 11.6 Å². The molecule has 3 aliphatic rings. The lowest BCUT2D eigenvalue weighted by molar-refractivity contribution is -0.182. The number of hydrogen-bond acceptors (Lipinski definition) is 2. The number of carbonyl (C=O) groups excluding carboxylic acids is 1. The molecule has 0 heterocycles. The first-order chi connectivity index (χ1) is 11.2. The summed E-state index contributed by atoms with van der Waals surface area (Å²) in [5.74, 6) is 2.01. The van der Waals surface area contributed by atoms with Crippen molar-refractivity contribution in [1.82, 2.24) is 0 Å². The average Bonchev–Trinajstić information content (AvgIpc) is 2.59. The van der Waals surface area contributed by atoms with E-state index in [4.69, 9.17) is 4.74 Å². The van der Waals surface area contributed by atoms with Crippen LogP contribution in [0.4, 0.5) is 0 Å². The molecular weight excluding hydrogens is 308 g/mol. The first-order valence-electron chi connectivity index (χ1n) is 10.2. The van der Waals surface area contributed by atoms with Gasteiger partial charge in [-0.25, -0.2) is 0 Å². The zero-order valence-electron chi connectivity index (χ0n) is 17.7. The minimum atomic E-state index is -0.465. The molecule has 0 amide bonds. The van der Waals surface area contributed by atoms with Crippen molar-refractivity contribution < 1.29 is 9.53 Å². The van der Waals surface area contributed by atoms with Gasteiger partial charge in [-0.3, -0.25) is 4.79 Å². The fraction of sp³-hybridized carbons (Fsp3) is 0.870. The van der Waals surface area contributed by atoms with E-state index in [0.29, 0.717) is 11.8 Å². The smallest absolute Gasteiger partial charge is 0.312 e. The van der Waals surface area contributed by atoms with Crippen molar-refractivity contribution in [2.24, 2.45) is 34.0 Å². The Morgan fingerprint density at radius 1 is 1.12 bits per heavy atom. The van der Waals surface area contributed by atoms with Gasteiger partial charge in [0, 0.05) is 0 Å². The van der Waals surface area contributed by atoms with E-state index in [1.165, 1.54) is 6.42 Å². The third-order valence-corrected chi connectivity index (χ3v) is 7.26. The van der Waals surface area contributed by atoms with Crippen molar-refractivity contribution in [3.8, 4) is 0 Å². The average molecular weight is 347 g/mol. The van der Waals surface area contributed by atoms with E-state index in [-0.39, 0.29) is 22.4 Å². The maximum Gasteiger partial charge on any atom is 0.312 e. The van der Waals surface area contributed by atoms with Crippen LogP contribution in [0.5, 0.6) is 0 Å². The molecule has 2 fully saturated rings. The Bertz CT molecular complexity index is 588. The summed E-state index contributed by atoms with van der Waals surface area (Å²) in [7, 11) is 0. The second kappa shape index (κ2) is 5.60. The molecule has 5 unspecified atom stereocenters. The fourth-order valence-electron chi connectivity index (χ4n) is 5.72. The highest BCUT2D eigenvalue weighted by Crippen LogP contribution is 2.60. The van der Waals surface area contributed by atoms with Gasteiger partial charge in [0.05, 0.1) is 5.41 Å². The number of hydrogen-bond donors (Lipinski definition) is 0. The molecule has 25 heavy (non-hydrogen) atoms. The Morgan fingerprint density at radius 2 is 1.76 bits per heavy atom. The summed E-state index contributed by atoms with van der Waals surface area (Å²) in [4.78, 5) is 13.5. The third-order valence-electron chi connectivity index (χ3n) is 7.26. The van der Waals surface area contributed by atoms with Crippen molar-refractivity contribution in [2.45, 2.75) is 93.1 Å². The van der Waals surface area contributed by atoms with Crippen LogP contribution in [0, 0.1) is 34.0 Å². The van der Waals surface area contributed by atoms with Gasteiger partial charge in [-0.15, -0.1) is 0 Å². The molecule has 0 aromatic rings. The van der Waals surface area contributed by atoms with Crippen LogP contribution in [-0.4, -0.2) is 11.6 Å². The third kappa shape index (κ3) is 3.30. The lowest BCUT2D eigenvalue weighted by Crippen LogP contribution is -2.48. The largest absolute Gasteiger partial charge is 0.459 e. The highest BCUT2D eigenvalue weighted by molar-refractivity contribution is 5.78. The van der Waals surface area contributed by atoms with Gasteiger partial charge in [-0.1, -0.05) is 60.1 Å². The summed E-state index contributed by atoms with van der Waals surface area (Å²) >= 11 is 0. The van der Waals surface area contributed by atoms with Gasteiger partial charge in [-0.05, 0) is 67.6 Å². The number of allylic oxidation sites excluding steroid dienone is 2. The molecule has 2 bridgehead atoms. The second-order valence-electron chi connectivity index (χ2n) is 11.8. The molecule has 0 N–H and O–H groups in total. The van der Waals surface area contributed by atoms with Crippen LogP contribution in [0.25, 0.3) is 0 Å². The molecule has 0 aliphatic heterocycles. The highest BCUT2D eigenvalue weighted by Gasteiger charge is 2.58. The number of carbonyl (C=O) groups is 1. The van der Waals surface area contributed by atoms with Crippen molar-refractivity contribution in [2.75, 3.05) is 0 Å². The summed E-state index contributed by atoms with van der Waals surface area (Å²) in [6, 6.07) is 0. The molecule has 0 radical (unpaired) electrons. The molecule has 0 aromatic heterocycles. The van der Waals surface area contributed by atoms with Crippen LogP contribution >= 0.6 is 0 Å². The van der Waals surface area contributed by atoms with Crippen LogP contribution < -0.4 is 0 Å². The van der Waals surface area contributed by atoms with E-state index in [1.54, 1.807) is 5.57 Å². The number of rotatable bonds is 3. The van der Waals surface area contributed by atoms with Crippen LogP contribution in [0.1, 0.15) is 87.5 Å². The minimum absolute atomic E-state index is 0.0341. The van der Waals surface area contributed by atoms with Crippen LogP contribution in [0.2, 0.25) is 0 Å². The Balaban J connectivity index is 1.84. The molecule has 3 aliphatic carbocycles. The molecule has 2 heteroatoms. The van der Waals surface area contributed by atoms with Gasteiger partial charge in [-0.2, -0.15) is 0 Å². The van der Waals surface area contributed by atoms with E-state index in [9.17, 15) is 4.79 Å². The van der Waals surface area contributed by atoms with Gasteiger partial charge in [0.2, 0.25) is 0 Å². The quantitative estimate of drug-likeness (QED) is 0.452. The highest BCUT2D eigenvalue weighted by atomic mass is 16.6. The topological polar surface area (TPSA) is 26.3 Å². The Labute approximate surface area is 154 Å². The van der Waals surface area contributed by atoms with Gasteiger partial charge in [0.25, 0.3) is 0 Å². The zero-order chi connectivity index (χ0) is 18.8. The van der Waals surface area contributed by atoms with Crippen molar-refractivity contribution in [3.63, 3.8) is 0 Å². The number of fused-ring (bicyclic) bond motifs is 1. The molecule has 5 atom stereocenters. The Kier molecular flexibility index (Phi) is 4.25. The normalized spacial score (nSPS) is 36.8. The predicted octanol–water partition coefficient (Wildman–Crippen LogP) is 6.15. The molecular formula is C23H38O2. The predicted molar refractivity (Wildman–Crippen MR) is 103 cm³/mol. The monoisotopic (exact) mass is 346 g/mol. The van der Waals surface area contributed by atoms with Crippen LogP contribution in [-0.2, 0) is 9.53 Å². The second-order valence-corrected chi connectivity index (χ2v) is 11.8. The molecule has 0 spiro atoms. The van der Waals surface area contributed by atoms with Gasteiger partial charge in [0.15, 0.2) is 0 Å². The lowest BCUT2D eigenvalue weighted by atomic mass is 9.61.